The number of aromatic nitrogens is 5. The minimum absolute atomic E-state index is 0.0565. The Morgan fingerprint density at radius 1 is 0.280 bits per heavy atom. The van der Waals surface area contributed by atoms with E-state index in [0.717, 1.165) is 261 Å². The van der Waals surface area contributed by atoms with Crippen LogP contribution in [-0.2, 0) is 160 Å². The van der Waals surface area contributed by atoms with E-state index in [1.807, 2.05) is 185 Å². The van der Waals surface area contributed by atoms with Gasteiger partial charge >= 0.3 is 0 Å². The molecule has 34 nitrogen and oxygen atoms in total. The van der Waals surface area contributed by atoms with Gasteiger partial charge in [0.15, 0.2) is 0 Å². The molecule has 0 bridgehead atoms. The Morgan fingerprint density at radius 3 is 0.832 bits per heavy atom. The van der Waals surface area contributed by atoms with E-state index in [9.17, 15) is 66.1 Å². The molecule has 0 N–H and O–H groups in total. The van der Waals surface area contributed by atoms with E-state index in [0.29, 0.717) is 98.2 Å². The molecule has 5 amide bonds. The van der Waals surface area contributed by atoms with E-state index in [4.69, 9.17) is 39.9 Å². The van der Waals surface area contributed by atoms with Gasteiger partial charge in [-0.15, -0.1) is 0 Å². The zero-order chi connectivity index (χ0) is 104. The number of fused-ring (bicyclic) bond motifs is 15. The third-order valence-electron chi connectivity index (χ3n) is 28.0. The van der Waals surface area contributed by atoms with E-state index < -0.39 is 50.6 Å². The fraction of sp³-hybridized carbons (Fsp3) is 0.567. The van der Waals surface area contributed by atoms with Gasteiger partial charge in [0.2, 0.25) is 29.5 Å². The van der Waals surface area contributed by atoms with Crippen molar-refractivity contribution in [1.29, 1.82) is 0 Å². The Bertz CT molecular complexity index is 6760. The quantitative estimate of drug-likeness (QED) is 0.0255. The normalized spacial score (nSPS) is 16.7. The summed E-state index contributed by atoms with van der Waals surface area (Å²) in [5, 5.41) is 5.06. The van der Waals surface area contributed by atoms with E-state index >= 15 is 0 Å². The SMILES string of the molecule is CCN(CC)C(=O)C1CCCCc2c1c1cc(OC)ccc1n2CCOS(C)(=O)=O.CCN(CC)C(=O)C1CCCc2c1c1c(OC)cccc1n2CCOS(C)(=O)=O.CCN(CC)C(=O)C1CCCc2c1c1cc(OC)ccc1n2CCOS(C)(=O)=O.CCN(CC)C(=O)C1CCCc2c1c1ccccc1n2CCOS(C)(=O)=O.CCN(CC)C(=O)C1CCc2c1c1cc(OC)ccc1n2CCOS(C)(=O)=O. The topological polar surface area (TPSA) is 380 Å². The molecule has 788 valence electrons. The molecule has 0 fully saturated rings. The van der Waals surface area contributed by atoms with Crippen LogP contribution in [-0.4, -0.2) is 277 Å². The summed E-state index contributed by atoms with van der Waals surface area (Å²) in [6, 6.07) is 31.4. The van der Waals surface area contributed by atoms with Gasteiger partial charge in [0.1, 0.15) is 23.0 Å². The van der Waals surface area contributed by atoms with Crippen LogP contribution in [0.2, 0.25) is 0 Å². The third kappa shape index (κ3) is 27.0. The molecule has 5 aliphatic rings. The molecule has 5 atom stereocenters. The molecule has 15 rings (SSSR count). The van der Waals surface area contributed by atoms with Crippen molar-refractivity contribution >= 4 is 135 Å². The molecular weight excluding hydrogens is 1930 g/mol. The summed E-state index contributed by atoms with van der Waals surface area (Å²) in [5.74, 6) is 2.86. The van der Waals surface area contributed by atoms with Gasteiger partial charge < -0.3 is 66.3 Å². The molecule has 0 saturated carbocycles. The van der Waals surface area contributed by atoms with Crippen molar-refractivity contribution in [2.45, 2.75) is 228 Å². The smallest absolute Gasteiger partial charge is 0.264 e. The summed E-state index contributed by atoms with van der Waals surface area (Å²) in [4.78, 5) is 75.6. The zero-order valence-electron chi connectivity index (χ0n) is 86.7. The lowest BCUT2D eigenvalue weighted by Crippen LogP contribution is -2.36. The second-order valence-corrected chi connectivity index (χ2v) is 44.7. The highest BCUT2D eigenvalue weighted by atomic mass is 32.2. The molecule has 0 saturated heterocycles. The second-order valence-electron chi connectivity index (χ2n) is 36.5. The Kier molecular flexibility index (Phi) is 39.9. The monoisotopic (exact) mass is 2080 g/mol. The van der Waals surface area contributed by atoms with Crippen molar-refractivity contribution in [3.05, 3.63) is 153 Å². The van der Waals surface area contributed by atoms with Crippen molar-refractivity contribution in [1.82, 2.24) is 47.3 Å². The number of amides is 5. The van der Waals surface area contributed by atoms with Gasteiger partial charge in [0, 0.05) is 176 Å². The first-order chi connectivity index (χ1) is 68.1. The molecule has 5 aromatic heterocycles. The first-order valence-electron chi connectivity index (χ1n) is 50.1. The molecule has 0 radical (unpaired) electrons. The first-order valence-corrected chi connectivity index (χ1v) is 59.2. The van der Waals surface area contributed by atoms with Gasteiger partial charge in [-0.1, -0.05) is 30.7 Å². The van der Waals surface area contributed by atoms with Crippen molar-refractivity contribution < 1.29 is 106 Å². The van der Waals surface area contributed by atoms with Gasteiger partial charge in [-0.2, -0.15) is 42.1 Å². The Morgan fingerprint density at radius 2 is 0.531 bits per heavy atom. The molecule has 0 aliphatic heterocycles. The number of carbonyl (C=O) groups is 5. The first kappa shape index (κ1) is 113. The predicted molar refractivity (Wildman–Crippen MR) is 558 cm³/mol. The summed E-state index contributed by atoms with van der Waals surface area (Å²) in [5.41, 5.74) is 15.8. The standard InChI is InChI=1S/C22H32N2O5S.2C21H30N2O5S.C20H28N2O5S.C20H28N2O4S/c1-5-23(6-2)22(25)17-9-7-8-10-20-21(17)18-15-16(28-3)11-12-19(18)24(20)13-14-29-30(4,26)27;1-5-22(6-2)21(24)15-9-7-10-16-19(15)20-17(11-8-12-18(20)27-3)23(16)13-14-28-29(4,25)26;1-5-22(6-2)21(24)16-8-7-9-19-20(16)17-14-15(27-3)10-11-18(17)23(19)12-13-28-29(4,25)26;1-5-21(6-2)20(23)15-8-10-18-19(15)16-13-14(26-3)7-9-17(16)22(18)11-12-27-28(4,24)25;1-4-21(5-2)20(23)16-10-8-12-18-19(16)15-9-6-7-11-17(15)22(18)13-14-26-27(3,24)25/h11-12,15,17H,5-10,13-14H2,1-4H3;8,11-12,15H,5-7,9-10,13-14H2,1-4H3;10-11,14,16H,5-9,12-13H2,1-4H3;7,9,13,15H,5-6,8,10-12H2,1-4H3;6-7,9,11,16H,4-5,8,10,12-14H2,1-3H3. The number of hydrogen-bond donors (Lipinski definition) is 0. The van der Waals surface area contributed by atoms with Crippen LogP contribution < -0.4 is 18.9 Å². The van der Waals surface area contributed by atoms with Gasteiger partial charge in [0.25, 0.3) is 50.6 Å². The van der Waals surface area contributed by atoms with Crippen LogP contribution in [0, 0.1) is 0 Å². The number of nitrogens with zero attached hydrogens (tertiary/aromatic N) is 10. The number of hydrogen-bond acceptors (Lipinski definition) is 24. The summed E-state index contributed by atoms with van der Waals surface area (Å²) < 4.78 is 171. The van der Waals surface area contributed by atoms with Crippen LogP contribution in [0.4, 0.5) is 0 Å². The molecule has 39 heteroatoms. The molecule has 5 heterocycles. The van der Waals surface area contributed by atoms with Crippen LogP contribution in [0.15, 0.2) is 97.1 Å². The highest BCUT2D eigenvalue weighted by Gasteiger charge is 2.41. The average molecular weight is 2080 g/mol. The summed E-state index contributed by atoms with van der Waals surface area (Å²) in [6.07, 6.45) is 18.3. The largest absolute Gasteiger partial charge is 0.497 e. The Hall–Kier alpha value is -10.1. The highest BCUT2D eigenvalue weighted by Crippen LogP contribution is 2.49. The number of ether oxygens (including phenoxy) is 4. The van der Waals surface area contributed by atoms with Crippen molar-refractivity contribution in [2.24, 2.45) is 0 Å². The maximum absolute atomic E-state index is 13.4. The lowest BCUT2D eigenvalue weighted by molar-refractivity contribution is -0.133. The fourth-order valence-electron chi connectivity index (χ4n) is 21.7. The number of carbonyl (C=O) groups excluding carboxylic acids is 5. The van der Waals surface area contributed by atoms with Gasteiger partial charge in [-0.25, -0.2) is 0 Å². The van der Waals surface area contributed by atoms with Gasteiger partial charge in [-0.3, -0.25) is 44.9 Å². The minimum atomic E-state index is -3.51. The van der Waals surface area contributed by atoms with Crippen molar-refractivity contribution in [2.75, 3.05) is 158 Å². The minimum Gasteiger partial charge on any atom is -0.497 e. The molecule has 10 aromatic rings. The Balaban J connectivity index is 0.000000171. The number of rotatable bonds is 39. The number of benzene rings is 5. The fourth-order valence-corrected chi connectivity index (χ4v) is 23.5. The van der Waals surface area contributed by atoms with E-state index in [2.05, 4.69) is 28.9 Å². The van der Waals surface area contributed by atoms with E-state index in [1.165, 1.54) is 0 Å². The molecule has 5 aromatic carbocycles. The van der Waals surface area contributed by atoms with E-state index in [1.54, 1.807) is 28.4 Å². The van der Waals surface area contributed by atoms with E-state index in [-0.39, 0.29) is 92.2 Å². The van der Waals surface area contributed by atoms with Crippen molar-refractivity contribution in [3.8, 4) is 23.0 Å². The second kappa shape index (κ2) is 50.3. The summed E-state index contributed by atoms with van der Waals surface area (Å²) >= 11 is 0. The molecular formula is C104H148N10O24S5. The van der Waals surface area contributed by atoms with Crippen molar-refractivity contribution in [3.63, 3.8) is 0 Å². The maximum atomic E-state index is 13.4. The van der Waals surface area contributed by atoms with Crippen LogP contribution in [0.3, 0.4) is 0 Å². The van der Waals surface area contributed by atoms with Crippen LogP contribution >= 0.6 is 0 Å². The van der Waals surface area contributed by atoms with Gasteiger partial charge in [0.05, 0.1) is 128 Å². The average Bonchev–Trinajstić information content (AvgIpc) is 1.56. The molecule has 0 spiro atoms. The lowest BCUT2D eigenvalue weighted by Gasteiger charge is -2.29. The zero-order valence-corrected chi connectivity index (χ0v) is 90.8. The number of likely N-dealkylation sites (N-methyl/N-ethyl adjacent to an activating group) is 5. The third-order valence-corrected chi connectivity index (χ3v) is 31.0. The predicted octanol–water partition coefficient (Wildman–Crippen LogP) is 14.6. The number of para-hydroxylation sites is 1. The summed E-state index contributed by atoms with van der Waals surface area (Å²) in [7, 11) is -11.0. The Labute approximate surface area is 844 Å². The lowest BCUT2D eigenvalue weighted by atomic mass is 9.84. The maximum Gasteiger partial charge on any atom is 0.264 e. The highest BCUT2D eigenvalue weighted by molar-refractivity contribution is 7.86. The molecule has 5 unspecified atom stereocenters. The van der Waals surface area contributed by atoms with Crippen LogP contribution in [0.5, 0.6) is 23.0 Å². The molecule has 143 heavy (non-hydrogen) atoms. The molecule has 5 aliphatic carbocycles. The van der Waals surface area contributed by atoms with Gasteiger partial charge in [-0.05, 0) is 260 Å². The van der Waals surface area contributed by atoms with Crippen LogP contribution in [0.1, 0.15) is 219 Å². The van der Waals surface area contributed by atoms with Crippen LogP contribution in [0.25, 0.3) is 54.5 Å². The number of methoxy groups -OCH3 is 4. The summed E-state index contributed by atoms with van der Waals surface area (Å²) in [6.45, 7) is 29.4.